The molecule has 3 nitrogen and oxygen atoms in total. The molecule has 0 aromatic rings. The molecule has 0 saturated heterocycles. The number of rotatable bonds is 1. The summed E-state index contributed by atoms with van der Waals surface area (Å²) in [5.41, 5.74) is 1.09. The predicted octanol–water partition coefficient (Wildman–Crippen LogP) is 5.92. The van der Waals surface area contributed by atoms with Crippen molar-refractivity contribution < 1.29 is 15.0 Å². The molecule has 2 N–H and O–H groups in total. The molecule has 0 unspecified atom stereocenters. The highest BCUT2D eigenvalue weighted by molar-refractivity contribution is 5.76. The molecule has 5 aliphatic carbocycles. The van der Waals surface area contributed by atoms with Gasteiger partial charge >= 0.3 is 5.97 Å². The lowest BCUT2D eigenvalue weighted by Crippen LogP contribution is -2.56. The highest BCUT2D eigenvalue weighted by atomic mass is 16.4. The lowest BCUT2D eigenvalue weighted by Gasteiger charge is -2.60. The maximum atomic E-state index is 12.6. The second-order valence-electron chi connectivity index (χ2n) is 12.5. The van der Waals surface area contributed by atoms with Gasteiger partial charge in [-0.25, -0.2) is 0 Å². The van der Waals surface area contributed by atoms with Crippen molar-refractivity contribution in [1.82, 2.24) is 0 Å². The number of aliphatic hydroxyl groups excluding tert-OH is 1. The normalized spacial score (nSPS) is 52.2. The van der Waals surface area contributed by atoms with Gasteiger partial charge in [-0.2, -0.15) is 0 Å². The summed E-state index contributed by atoms with van der Waals surface area (Å²) in [7, 11) is 0. The van der Waals surface area contributed by atoms with Crippen LogP contribution >= 0.6 is 0 Å². The zero-order chi connectivity index (χ0) is 21.4. The quantitative estimate of drug-likeness (QED) is 0.524. The van der Waals surface area contributed by atoms with Gasteiger partial charge in [-0.1, -0.05) is 39.3 Å². The van der Waals surface area contributed by atoms with Crippen LogP contribution in [0.25, 0.3) is 0 Å². The Morgan fingerprint density at radius 1 is 0.967 bits per heavy atom. The van der Waals surface area contributed by atoms with Crippen molar-refractivity contribution in [3.63, 3.8) is 0 Å². The van der Waals surface area contributed by atoms with Crippen LogP contribution in [0.15, 0.2) is 11.6 Å². The second kappa shape index (κ2) is 7.09. The Labute approximate surface area is 182 Å². The monoisotopic (exact) mass is 414 g/mol. The molecule has 4 saturated carbocycles. The van der Waals surface area contributed by atoms with Crippen molar-refractivity contribution in [2.75, 3.05) is 0 Å². The van der Waals surface area contributed by atoms with Gasteiger partial charge in [0.25, 0.3) is 0 Å². The van der Waals surface area contributed by atoms with Crippen LogP contribution in [0, 0.1) is 58.2 Å². The third kappa shape index (κ3) is 2.76. The van der Waals surface area contributed by atoms with E-state index in [9.17, 15) is 15.0 Å². The van der Waals surface area contributed by atoms with Gasteiger partial charge in [-0.15, -0.1) is 0 Å². The van der Waals surface area contributed by atoms with E-state index in [-0.39, 0.29) is 17.4 Å². The highest BCUT2D eigenvalue weighted by Crippen LogP contribution is 2.64. The first-order valence-electron chi connectivity index (χ1n) is 12.8. The molecule has 3 heteroatoms. The number of carbonyl (C=O) groups is 1. The van der Waals surface area contributed by atoms with Crippen LogP contribution < -0.4 is 0 Å². The Morgan fingerprint density at radius 3 is 2.40 bits per heavy atom. The number of hydrogen-bond acceptors (Lipinski definition) is 2. The molecular weight excluding hydrogens is 372 g/mol. The van der Waals surface area contributed by atoms with Gasteiger partial charge in [0.2, 0.25) is 0 Å². The van der Waals surface area contributed by atoms with E-state index in [1.807, 2.05) is 0 Å². The number of fused-ring (bicyclic) bond motifs is 7. The van der Waals surface area contributed by atoms with Crippen LogP contribution in [-0.2, 0) is 4.79 Å². The van der Waals surface area contributed by atoms with E-state index < -0.39 is 11.4 Å². The number of carboxylic acids is 1. The molecule has 0 heterocycles. The van der Waals surface area contributed by atoms with Gasteiger partial charge in [0.15, 0.2) is 0 Å². The number of carboxylic acid groups (broad SMARTS) is 1. The van der Waals surface area contributed by atoms with Crippen molar-refractivity contribution in [2.45, 2.75) is 91.6 Å². The molecule has 5 aliphatic rings. The van der Waals surface area contributed by atoms with Crippen molar-refractivity contribution in [3.05, 3.63) is 11.6 Å². The fourth-order valence-electron chi connectivity index (χ4n) is 9.38. The van der Waals surface area contributed by atoms with Gasteiger partial charge in [0, 0.05) is 0 Å². The SMILES string of the molecule is C[C@@H]1[C@H]2C3=CC[C@H]4[C@@H](CC[C@@H]5[C@@H]4CC[C@H](O)C5(C)C)[C@@H]3CC[C@@]2(C(=O)O)CC[C@@H]1C. The molecule has 0 aromatic heterocycles. The average Bonchev–Trinajstić information content (AvgIpc) is 2.72. The molecule has 30 heavy (non-hydrogen) atoms. The van der Waals surface area contributed by atoms with E-state index in [1.165, 1.54) is 19.3 Å². The van der Waals surface area contributed by atoms with Crippen LogP contribution in [0.4, 0.5) is 0 Å². The summed E-state index contributed by atoms with van der Waals surface area (Å²) in [5, 5.41) is 21.0. The summed E-state index contributed by atoms with van der Waals surface area (Å²) in [6.07, 6.45) is 12.1. The third-order valence-electron chi connectivity index (χ3n) is 11.3. The number of aliphatic carboxylic acids is 1. The number of allylic oxidation sites excluding steroid dienone is 2. The molecule has 0 spiro atoms. The Bertz CT molecular complexity index is 738. The Balaban J connectivity index is 1.48. The molecule has 10 atom stereocenters. The summed E-state index contributed by atoms with van der Waals surface area (Å²) >= 11 is 0. The van der Waals surface area contributed by atoms with Crippen LogP contribution in [0.3, 0.4) is 0 Å². The zero-order valence-corrected chi connectivity index (χ0v) is 19.4. The molecule has 0 aliphatic heterocycles. The van der Waals surface area contributed by atoms with Gasteiger partial charge in [0.05, 0.1) is 11.5 Å². The van der Waals surface area contributed by atoms with Crippen LogP contribution in [0.1, 0.15) is 85.5 Å². The first-order chi connectivity index (χ1) is 14.2. The smallest absolute Gasteiger partial charge is 0.310 e. The average molecular weight is 415 g/mol. The highest BCUT2D eigenvalue weighted by Gasteiger charge is 2.60. The summed E-state index contributed by atoms with van der Waals surface area (Å²) in [5.74, 6) is 4.31. The maximum Gasteiger partial charge on any atom is 0.310 e. The van der Waals surface area contributed by atoms with Crippen LogP contribution in [0.2, 0.25) is 0 Å². The number of aliphatic hydroxyl groups is 1. The lowest BCUT2D eigenvalue weighted by atomic mass is 9.44. The van der Waals surface area contributed by atoms with Gasteiger partial charge in [-0.05, 0) is 111 Å². The lowest BCUT2D eigenvalue weighted by molar-refractivity contribution is -0.162. The topological polar surface area (TPSA) is 57.5 Å². The minimum atomic E-state index is -0.528. The van der Waals surface area contributed by atoms with E-state index in [4.69, 9.17) is 0 Å². The van der Waals surface area contributed by atoms with E-state index in [0.717, 1.165) is 56.3 Å². The van der Waals surface area contributed by atoms with E-state index >= 15 is 0 Å². The minimum absolute atomic E-state index is 0.0379. The summed E-state index contributed by atoms with van der Waals surface area (Å²) < 4.78 is 0. The van der Waals surface area contributed by atoms with E-state index in [1.54, 1.807) is 5.57 Å². The zero-order valence-electron chi connectivity index (χ0n) is 19.4. The van der Waals surface area contributed by atoms with E-state index in [2.05, 4.69) is 33.8 Å². The first-order valence-corrected chi connectivity index (χ1v) is 12.8. The van der Waals surface area contributed by atoms with Crippen LogP contribution in [0.5, 0.6) is 0 Å². The third-order valence-corrected chi connectivity index (χ3v) is 11.3. The Kier molecular flexibility index (Phi) is 4.97. The van der Waals surface area contributed by atoms with E-state index in [0.29, 0.717) is 23.7 Å². The number of hydrogen-bond donors (Lipinski definition) is 2. The molecule has 168 valence electrons. The summed E-state index contributed by atoms with van der Waals surface area (Å²) in [6.45, 7) is 9.27. The molecule has 4 fully saturated rings. The molecule has 0 aromatic carbocycles. The summed E-state index contributed by atoms with van der Waals surface area (Å²) in [4.78, 5) is 12.6. The second-order valence-corrected chi connectivity index (χ2v) is 12.5. The molecule has 0 amide bonds. The fraction of sp³-hybridized carbons (Fsp3) is 0.889. The first kappa shape index (κ1) is 21.0. The van der Waals surface area contributed by atoms with Crippen molar-refractivity contribution in [1.29, 1.82) is 0 Å². The van der Waals surface area contributed by atoms with Crippen LogP contribution in [-0.4, -0.2) is 22.3 Å². The van der Waals surface area contributed by atoms with Gasteiger partial charge < -0.3 is 10.2 Å². The van der Waals surface area contributed by atoms with Gasteiger partial charge in [0.1, 0.15) is 0 Å². The van der Waals surface area contributed by atoms with Crippen molar-refractivity contribution >= 4 is 5.97 Å². The predicted molar refractivity (Wildman–Crippen MR) is 119 cm³/mol. The largest absolute Gasteiger partial charge is 0.481 e. The minimum Gasteiger partial charge on any atom is -0.481 e. The maximum absolute atomic E-state index is 12.6. The standard InChI is InChI=1S/C27H42O3/c1-15-11-13-27(25(29)30)14-12-19-17-7-9-22-20(8-10-23(28)26(22,3)4)18(17)5-6-21(19)24(27)16(15)2/h6,15-20,22-24,28H,5,7-14H2,1-4H3,(H,29,30)/t15-,16-,17+,18-,19-,20+,22+,23-,24-,27-/m0/s1. The molecular formula is C27H42O3. The molecule has 5 rings (SSSR count). The van der Waals surface area contributed by atoms with Crippen molar-refractivity contribution in [3.8, 4) is 0 Å². The molecule has 0 bridgehead atoms. The molecule has 0 radical (unpaired) electrons. The Hall–Kier alpha value is -0.830. The summed E-state index contributed by atoms with van der Waals surface area (Å²) in [6, 6.07) is 0. The van der Waals surface area contributed by atoms with Gasteiger partial charge in [-0.3, -0.25) is 4.79 Å². The van der Waals surface area contributed by atoms with Crippen molar-refractivity contribution in [2.24, 2.45) is 58.2 Å². The Morgan fingerprint density at radius 2 is 1.67 bits per heavy atom. The fourth-order valence-corrected chi connectivity index (χ4v) is 9.38.